The Hall–Kier alpha value is -1.03. The summed E-state index contributed by atoms with van der Waals surface area (Å²) in [6.07, 6.45) is 0.806. The highest BCUT2D eigenvalue weighted by Crippen LogP contribution is 2.21. The third kappa shape index (κ3) is 4.78. The predicted octanol–water partition coefficient (Wildman–Crippen LogP) is 2.42. The van der Waals surface area contributed by atoms with E-state index in [9.17, 15) is 4.39 Å². The Morgan fingerprint density at radius 1 is 1.35 bits per heavy atom. The van der Waals surface area contributed by atoms with Gasteiger partial charge in [0, 0.05) is 18.8 Å². The average Bonchev–Trinajstić information content (AvgIpc) is 2.26. The number of hydrogen-bond donors (Lipinski definition) is 1. The van der Waals surface area contributed by atoms with Gasteiger partial charge in [0.05, 0.1) is 7.85 Å². The molecule has 0 saturated heterocycles. The molecule has 0 aliphatic carbocycles. The van der Waals surface area contributed by atoms with Crippen molar-refractivity contribution in [3.63, 3.8) is 0 Å². The third-order valence-electron chi connectivity index (χ3n) is 2.68. The molecule has 0 bridgehead atoms. The first kappa shape index (κ1) is 14.0. The largest absolute Gasteiger partial charge is 0.384 e. The molecular weight excluding hydrogens is 214 g/mol. The fourth-order valence-electron chi connectivity index (χ4n) is 1.59. The molecule has 17 heavy (non-hydrogen) atoms. The normalized spacial score (nSPS) is 12.8. The number of hydrogen-bond acceptors (Lipinski definition) is 2. The van der Waals surface area contributed by atoms with Crippen molar-refractivity contribution < 1.29 is 4.39 Å². The van der Waals surface area contributed by atoms with Crippen molar-refractivity contribution in [3.8, 4) is 0 Å². The Labute approximate surface area is 105 Å². The number of halogens is 1. The molecule has 1 aromatic carbocycles. The van der Waals surface area contributed by atoms with Gasteiger partial charge in [0.25, 0.3) is 0 Å². The molecule has 92 valence electrons. The lowest BCUT2D eigenvalue weighted by Gasteiger charge is -2.14. The van der Waals surface area contributed by atoms with Gasteiger partial charge >= 0.3 is 0 Å². The van der Waals surface area contributed by atoms with Crippen LogP contribution < -0.4 is 5.32 Å². The molecule has 1 unspecified atom stereocenters. The van der Waals surface area contributed by atoms with E-state index in [1.54, 1.807) is 0 Å². The maximum absolute atomic E-state index is 13.4. The summed E-state index contributed by atoms with van der Waals surface area (Å²) in [4.78, 5) is 2.07. The van der Waals surface area contributed by atoms with Gasteiger partial charge in [-0.3, -0.25) is 0 Å². The zero-order valence-electron chi connectivity index (χ0n) is 10.8. The smallest absolute Gasteiger partial charge is 0.125 e. The minimum Gasteiger partial charge on any atom is -0.384 e. The molecule has 1 N–H and O–H groups in total. The van der Waals surface area contributed by atoms with Gasteiger partial charge in [-0.25, -0.2) is 4.39 Å². The van der Waals surface area contributed by atoms with E-state index >= 15 is 0 Å². The number of anilines is 1. The summed E-state index contributed by atoms with van der Waals surface area (Å²) in [5.74, 6) is -0.334. The Morgan fingerprint density at radius 3 is 2.65 bits per heavy atom. The minimum absolute atomic E-state index is 0.0971. The molecule has 2 radical (unpaired) electrons. The minimum atomic E-state index is -0.237. The number of rotatable bonds is 6. The fourth-order valence-corrected chi connectivity index (χ4v) is 1.59. The highest BCUT2D eigenvalue weighted by molar-refractivity contribution is 6.12. The molecular formula is C13H20BFN2. The SMILES string of the molecule is [B]C(CC)c1cc(F)cc(NCCN(C)C)c1. The van der Waals surface area contributed by atoms with Crippen molar-refractivity contribution in [3.05, 3.63) is 29.6 Å². The van der Waals surface area contributed by atoms with Gasteiger partial charge in [0.15, 0.2) is 0 Å². The predicted molar refractivity (Wildman–Crippen MR) is 72.2 cm³/mol. The van der Waals surface area contributed by atoms with Crippen LogP contribution in [0.1, 0.15) is 24.7 Å². The van der Waals surface area contributed by atoms with Gasteiger partial charge in [-0.1, -0.05) is 19.2 Å². The summed E-state index contributed by atoms with van der Waals surface area (Å²) < 4.78 is 13.4. The molecule has 0 heterocycles. The molecule has 0 aliphatic heterocycles. The second kappa shape index (κ2) is 6.65. The van der Waals surface area contributed by atoms with Crippen LogP contribution in [0.2, 0.25) is 0 Å². The molecule has 1 rings (SSSR count). The Balaban J connectivity index is 2.69. The Bertz CT molecular complexity index is 355. The lowest BCUT2D eigenvalue weighted by atomic mass is 9.79. The first-order chi connectivity index (χ1) is 8.02. The standard InChI is InChI=1S/C13H20BFN2/c1-4-13(14)10-7-11(15)9-12(8-10)16-5-6-17(2)3/h7-9,13,16H,4-6H2,1-3H3. The molecule has 0 spiro atoms. The molecule has 0 aromatic heterocycles. The number of nitrogens with one attached hydrogen (secondary N) is 1. The van der Waals surface area contributed by atoms with Crippen molar-refractivity contribution >= 4 is 13.5 Å². The zero-order chi connectivity index (χ0) is 12.8. The van der Waals surface area contributed by atoms with E-state index in [2.05, 4.69) is 10.2 Å². The van der Waals surface area contributed by atoms with Crippen LogP contribution in [0.3, 0.4) is 0 Å². The van der Waals surface area contributed by atoms with E-state index in [4.69, 9.17) is 7.85 Å². The zero-order valence-corrected chi connectivity index (χ0v) is 10.8. The maximum atomic E-state index is 13.4. The van der Waals surface area contributed by atoms with E-state index in [-0.39, 0.29) is 11.6 Å². The summed E-state index contributed by atoms with van der Waals surface area (Å²) in [6.45, 7) is 3.69. The molecule has 0 aliphatic rings. The molecule has 0 amide bonds. The Morgan fingerprint density at radius 2 is 2.06 bits per heavy atom. The highest BCUT2D eigenvalue weighted by Gasteiger charge is 2.06. The molecule has 0 saturated carbocycles. The van der Waals surface area contributed by atoms with Crippen molar-refractivity contribution in [1.29, 1.82) is 0 Å². The van der Waals surface area contributed by atoms with E-state index in [0.717, 1.165) is 30.8 Å². The second-order valence-electron chi connectivity index (χ2n) is 4.52. The van der Waals surface area contributed by atoms with E-state index in [0.29, 0.717) is 0 Å². The number of nitrogens with zero attached hydrogens (tertiary/aromatic N) is 1. The van der Waals surface area contributed by atoms with Gasteiger partial charge < -0.3 is 10.2 Å². The third-order valence-corrected chi connectivity index (χ3v) is 2.68. The number of likely N-dealkylation sites (N-methyl/N-ethyl adjacent to an activating group) is 1. The summed E-state index contributed by atoms with van der Waals surface area (Å²) in [5, 5.41) is 3.20. The summed E-state index contributed by atoms with van der Waals surface area (Å²) >= 11 is 0. The van der Waals surface area contributed by atoms with Crippen LogP contribution in [0.25, 0.3) is 0 Å². The van der Waals surface area contributed by atoms with Gasteiger partial charge in [0.1, 0.15) is 5.82 Å². The fraction of sp³-hybridized carbons (Fsp3) is 0.538. The van der Waals surface area contributed by atoms with Gasteiger partial charge in [-0.05, 0) is 37.9 Å². The summed E-state index contributed by atoms with van der Waals surface area (Å²) in [6, 6.07) is 4.93. The van der Waals surface area contributed by atoms with E-state index < -0.39 is 0 Å². The van der Waals surface area contributed by atoms with Crippen LogP contribution in [0.15, 0.2) is 18.2 Å². The molecule has 4 heteroatoms. The van der Waals surface area contributed by atoms with Crippen molar-refractivity contribution in [2.24, 2.45) is 0 Å². The summed E-state index contributed by atoms with van der Waals surface area (Å²) in [5.41, 5.74) is 1.64. The van der Waals surface area contributed by atoms with Gasteiger partial charge in [-0.15, -0.1) is 0 Å². The average molecular weight is 234 g/mol. The van der Waals surface area contributed by atoms with Crippen molar-refractivity contribution in [2.45, 2.75) is 19.2 Å². The first-order valence-corrected chi connectivity index (χ1v) is 5.97. The maximum Gasteiger partial charge on any atom is 0.125 e. The number of benzene rings is 1. The van der Waals surface area contributed by atoms with Crippen LogP contribution >= 0.6 is 0 Å². The van der Waals surface area contributed by atoms with Crippen LogP contribution in [-0.4, -0.2) is 39.9 Å². The van der Waals surface area contributed by atoms with Crippen LogP contribution in [0, 0.1) is 5.82 Å². The molecule has 2 nitrogen and oxygen atoms in total. The van der Waals surface area contributed by atoms with Gasteiger partial charge in [-0.2, -0.15) is 0 Å². The molecule has 1 atom stereocenters. The summed E-state index contributed by atoms with van der Waals surface area (Å²) in [7, 11) is 9.92. The lowest BCUT2D eigenvalue weighted by molar-refractivity contribution is 0.425. The topological polar surface area (TPSA) is 15.3 Å². The Kier molecular flexibility index (Phi) is 5.49. The van der Waals surface area contributed by atoms with Crippen LogP contribution in [-0.2, 0) is 0 Å². The lowest BCUT2D eigenvalue weighted by Crippen LogP contribution is -2.20. The van der Waals surface area contributed by atoms with Crippen molar-refractivity contribution in [1.82, 2.24) is 4.90 Å². The molecule has 1 aromatic rings. The first-order valence-electron chi connectivity index (χ1n) is 5.97. The molecule has 0 fully saturated rings. The van der Waals surface area contributed by atoms with Crippen molar-refractivity contribution in [2.75, 3.05) is 32.5 Å². The highest BCUT2D eigenvalue weighted by atomic mass is 19.1. The van der Waals surface area contributed by atoms with Crippen LogP contribution in [0.5, 0.6) is 0 Å². The quantitative estimate of drug-likeness (QED) is 0.760. The van der Waals surface area contributed by atoms with Gasteiger partial charge in [0.2, 0.25) is 0 Å². The van der Waals surface area contributed by atoms with Crippen LogP contribution in [0.4, 0.5) is 10.1 Å². The second-order valence-corrected chi connectivity index (χ2v) is 4.52. The van der Waals surface area contributed by atoms with E-state index in [1.807, 2.05) is 27.1 Å². The monoisotopic (exact) mass is 234 g/mol. The van der Waals surface area contributed by atoms with E-state index in [1.165, 1.54) is 12.1 Å².